The largest absolute Gasteiger partial charge is 0.459 e. The molecule has 0 radical (unpaired) electrons. The van der Waals surface area contributed by atoms with Crippen molar-refractivity contribution in [3.05, 3.63) is 59.4 Å². The first-order valence-corrected chi connectivity index (χ1v) is 9.42. The van der Waals surface area contributed by atoms with Crippen molar-refractivity contribution in [1.29, 1.82) is 0 Å². The summed E-state index contributed by atoms with van der Waals surface area (Å²) >= 11 is 0. The highest BCUT2D eigenvalue weighted by Gasteiger charge is 2.39. The Kier molecular flexibility index (Phi) is 5.13. The molecule has 0 amide bonds. The van der Waals surface area contributed by atoms with Crippen LogP contribution in [0.2, 0.25) is 0 Å². The zero-order chi connectivity index (χ0) is 19.8. The maximum Gasteiger partial charge on any atom is 0.341 e. The van der Waals surface area contributed by atoms with Gasteiger partial charge in [-0.15, -0.1) is 0 Å². The number of esters is 1. The van der Waals surface area contributed by atoms with Crippen LogP contribution >= 0.6 is 0 Å². The molecule has 2 aromatic rings. The summed E-state index contributed by atoms with van der Waals surface area (Å²) in [6.45, 7) is 10.4. The molecule has 0 bridgehead atoms. The normalized spacial score (nSPS) is 18.9. The van der Waals surface area contributed by atoms with Crippen LogP contribution in [0.15, 0.2) is 42.5 Å². The van der Waals surface area contributed by atoms with Crippen LogP contribution < -0.4 is 5.32 Å². The molecule has 1 N–H and O–H groups in total. The van der Waals surface area contributed by atoms with E-state index in [0.717, 1.165) is 16.7 Å². The standard InChI is InChI=1S/C23H28FNO2/c1-15-6-8-16(9-7-15)17-10-11-19(20(24)12-17)21(26)27-18-13-22(2,3)25-23(4,5)14-18/h6-12,18,25H,13-14H2,1-5H3. The number of halogens is 1. The Morgan fingerprint density at radius 2 is 1.56 bits per heavy atom. The molecule has 0 unspecified atom stereocenters. The summed E-state index contributed by atoms with van der Waals surface area (Å²) in [7, 11) is 0. The Balaban J connectivity index is 1.76. The zero-order valence-electron chi connectivity index (χ0n) is 16.7. The van der Waals surface area contributed by atoms with E-state index >= 15 is 0 Å². The minimum atomic E-state index is -0.596. The molecule has 1 aliphatic rings. The monoisotopic (exact) mass is 369 g/mol. The Labute approximate surface area is 160 Å². The number of hydrogen-bond acceptors (Lipinski definition) is 3. The lowest BCUT2D eigenvalue weighted by molar-refractivity contribution is -0.00673. The fourth-order valence-corrected chi connectivity index (χ4v) is 4.13. The molecule has 144 valence electrons. The van der Waals surface area contributed by atoms with Gasteiger partial charge in [-0.25, -0.2) is 9.18 Å². The van der Waals surface area contributed by atoms with E-state index in [-0.39, 0.29) is 22.7 Å². The number of carbonyl (C=O) groups is 1. The average molecular weight is 369 g/mol. The van der Waals surface area contributed by atoms with Gasteiger partial charge in [-0.2, -0.15) is 0 Å². The summed E-state index contributed by atoms with van der Waals surface area (Å²) in [5.74, 6) is -1.15. The third-order valence-electron chi connectivity index (χ3n) is 5.00. The molecule has 0 atom stereocenters. The third kappa shape index (κ3) is 4.75. The van der Waals surface area contributed by atoms with Crippen molar-refractivity contribution in [2.75, 3.05) is 0 Å². The van der Waals surface area contributed by atoms with Crippen molar-refractivity contribution >= 4 is 5.97 Å². The number of aryl methyl sites for hydroxylation is 1. The molecule has 3 rings (SSSR count). The predicted molar refractivity (Wildman–Crippen MR) is 106 cm³/mol. The lowest BCUT2D eigenvalue weighted by atomic mass is 9.81. The van der Waals surface area contributed by atoms with Crippen LogP contribution in [0.25, 0.3) is 11.1 Å². The van der Waals surface area contributed by atoms with Gasteiger partial charge < -0.3 is 10.1 Å². The minimum Gasteiger partial charge on any atom is -0.459 e. The summed E-state index contributed by atoms with van der Waals surface area (Å²) in [5.41, 5.74) is 2.52. The number of nitrogens with one attached hydrogen (secondary N) is 1. The Morgan fingerprint density at radius 3 is 2.11 bits per heavy atom. The second-order valence-corrected chi connectivity index (χ2v) is 8.89. The first-order valence-electron chi connectivity index (χ1n) is 9.42. The fraction of sp³-hybridized carbons (Fsp3) is 0.435. The van der Waals surface area contributed by atoms with E-state index in [1.807, 2.05) is 31.2 Å². The highest BCUT2D eigenvalue weighted by Crippen LogP contribution is 2.31. The van der Waals surface area contributed by atoms with Crippen LogP contribution in [0, 0.1) is 12.7 Å². The SMILES string of the molecule is Cc1ccc(-c2ccc(C(=O)OC3CC(C)(C)NC(C)(C)C3)c(F)c2)cc1. The maximum absolute atomic E-state index is 14.6. The van der Waals surface area contributed by atoms with Gasteiger partial charge in [-0.05, 0) is 57.9 Å². The third-order valence-corrected chi connectivity index (χ3v) is 5.00. The van der Waals surface area contributed by atoms with Crippen LogP contribution in [0.5, 0.6) is 0 Å². The molecule has 1 aliphatic heterocycles. The van der Waals surface area contributed by atoms with Gasteiger partial charge in [-0.3, -0.25) is 0 Å². The zero-order valence-corrected chi connectivity index (χ0v) is 16.7. The van der Waals surface area contributed by atoms with Crippen molar-refractivity contribution in [2.24, 2.45) is 0 Å². The summed E-state index contributed by atoms with van der Waals surface area (Å²) in [6, 6.07) is 12.5. The van der Waals surface area contributed by atoms with Crippen molar-refractivity contribution in [1.82, 2.24) is 5.32 Å². The highest BCUT2D eigenvalue weighted by atomic mass is 19.1. The van der Waals surface area contributed by atoms with Gasteiger partial charge in [0.25, 0.3) is 0 Å². The molecule has 1 heterocycles. The lowest BCUT2D eigenvalue weighted by Crippen LogP contribution is -2.59. The molecule has 27 heavy (non-hydrogen) atoms. The molecule has 3 nitrogen and oxygen atoms in total. The van der Waals surface area contributed by atoms with Crippen molar-refractivity contribution < 1.29 is 13.9 Å². The fourth-order valence-electron chi connectivity index (χ4n) is 4.13. The van der Waals surface area contributed by atoms with Crippen LogP contribution in [-0.4, -0.2) is 23.2 Å². The molecule has 1 fully saturated rings. The first-order chi connectivity index (χ1) is 12.5. The Morgan fingerprint density at radius 1 is 1.00 bits per heavy atom. The molecule has 0 aromatic heterocycles. The van der Waals surface area contributed by atoms with Crippen LogP contribution in [0.1, 0.15) is 56.5 Å². The topological polar surface area (TPSA) is 38.3 Å². The molecular formula is C23H28FNO2. The average Bonchev–Trinajstić information content (AvgIpc) is 2.52. The minimum absolute atomic E-state index is 0.0139. The first kappa shape index (κ1) is 19.6. The van der Waals surface area contributed by atoms with Gasteiger partial charge in [0.05, 0.1) is 5.56 Å². The van der Waals surface area contributed by atoms with E-state index in [9.17, 15) is 9.18 Å². The number of carbonyl (C=O) groups excluding carboxylic acids is 1. The highest BCUT2D eigenvalue weighted by molar-refractivity contribution is 5.90. The van der Waals surface area contributed by atoms with Crippen LogP contribution in [0.4, 0.5) is 4.39 Å². The van der Waals surface area contributed by atoms with E-state index in [1.165, 1.54) is 12.1 Å². The molecule has 0 spiro atoms. The summed E-state index contributed by atoms with van der Waals surface area (Å²) in [4.78, 5) is 12.6. The second-order valence-electron chi connectivity index (χ2n) is 8.89. The molecule has 1 saturated heterocycles. The van der Waals surface area contributed by atoms with Gasteiger partial charge in [0.15, 0.2) is 0 Å². The van der Waals surface area contributed by atoms with Gasteiger partial charge in [0.2, 0.25) is 0 Å². The number of ether oxygens (including phenoxy) is 1. The summed E-state index contributed by atoms with van der Waals surface area (Å²) in [5, 5.41) is 3.55. The van der Waals surface area contributed by atoms with Crippen LogP contribution in [0.3, 0.4) is 0 Å². The number of rotatable bonds is 3. The smallest absolute Gasteiger partial charge is 0.341 e. The van der Waals surface area contributed by atoms with E-state index in [4.69, 9.17) is 4.74 Å². The van der Waals surface area contributed by atoms with Gasteiger partial charge in [-0.1, -0.05) is 35.9 Å². The number of piperidine rings is 1. The molecular weight excluding hydrogens is 341 g/mol. The second kappa shape index (κ2) is 7.08. The van der Waals surface area contributed by atoms with Gasteiger partial charge in [0.1, 0.15) is 11.9 Å². The van der Waals surface area contributed by atoms with Gasteiger partial charge in [0, 0.05) is 23.9 Å². The predicted octanol–water partition coefficient (Wildman–Crippen LogP) is 5.27. The molecule has 0 aliphatic carbocycles. The number of benzene rings is 2. The van der Waals surface area contributed by atoms with Crippen LogP contribution in [-0.2, 0) is 4.74 Å². The molecule has 0 saturated carbocycles. The molecule has 4 heteroatoms. The lowest BCUT2D eigenvalue weighted by Gasteiger charge is -2.45. The van der Waals surface area contributed by atoms with E-state index < -0.39 is 11.8 Å². The van der Waals surface area contributed by atoms with E-state index in [2.05, 4.69) is 33.0 Å². The maximum atomic E-state index is 14.6. The van der Waals surface area contributed by atoms with Crippen molar-refractivity contribution in [2.45, 2.75) is 64.6 Å². The Hall–Kier alpha value is -2.20. The Bertz CT molecular complexity index is 824. The van der Waals surface area contributed by atoms with E-state index in [1.54, 1.807) is 6.07 Å². The quantitative estimate of drug-likeness (QED) is 0.749. The van der Waals surface area contributed by atoms with E-state index in [0.29, 0.717) is 12.8 Å². The summed E-state index contributed by atoms with van der Waals surface area (Å²) < 4.78 is 20.3. The van der Waals surface area contributed by atoms with Gasteiger partial charge >= 0.3 is 5.97 Å². The summed E-state index contributed by atoms with van der Waals surface area (Å²) in [6.07, 6.45) is 1.16. The van der Waals surface area contributed by atoms with Crippen molar-refractivity contribution in [3.63, 3.8) is 0 Å². The molecule has 2 aromatic carbocycles. The number of hydrogen-bond donors (Lipinski definition) is 1. The van der Waals surface area contributed by atoms with Crippen molar-refractivity contribution in [3.8, 4) is 11.1 Å².